The molecular weight excluding hydrogens is 460 g/mol. The molecule has 5 amide bonds. The Balaban J connectivity index is 1.63. The van der Waals surface area contributed by atoms with Crippen LogP contribution in [0.5, 0.6) is 0 Å². The fourth-order valence-electron chi connectivity index (χ4n) is 3.49. The summed E-state index contributed by atoms with van der Waals surface area (Å²) >= 11 is 5.81. The number of nitrogens with one attached hydrogen (secondary N) is 4. The summed E-state index contributed by atoms with van der Waals surface area (Å²) in [4.78, 5) is 54.8. The number of rotatable bonds is 8. The highest BCUT2D eigenvalue weighted by molar-refractivity contribution is 6.30. The minimum absolute atomic E-state index is 0.0350. The topological polar surface area (TPSA) is 133 Å². The molecule has 0 bridgehead atoms. The number of nitrogens with zero attached hydrogens (tertiary/aromatic N) is 2. The summed E-state index contributed by atoms with van der Waals surface area (Å²) in [6, 6.07) is 8.77. The van der Waals surface area contributed by atoms with Gasteiger partial charge in [0.1, 0.15) is 5.82 Å². The van der Waals surface area contributed by atoms with Crippen LogP contribution in [0.4, 0.5) is 16.3 Å². The molecule has 10 nitrogen and oxygen atoms in total. The van der Waals surface area contributed by atoms with E-state index in [1.54, 1.807) is 41.3 Å². The Labute approximate surface area is 202 Å². The molecule has 0 spiro atoms. The monoisotopic (exact) mass is 486 g/mol. The first-order valence-corrected chi connectivity index (χ1v) is 11.3. The predicted molar refractivity (Wildman–Crippen MR) is 129 cm³/mol. The summed E-state index contributed by atoms with van der Waals surface area (Å²) in [5.41, 5.74) is 1.12. The number of halogens is 1. The van der Waals surface area contributed by atoms with E-state index in [0.29, 0.717) is 29.4 Å². The Morgan fingerprint density at radius 2 is 1.88 bits per heavy atom. The zero-order valence-electron chi connectivity index (χ0n) is 18.8. The molecule has 1 atom stereocenters. The molecule has 1 aromatic heterocycles. The third kappa shape index (κ3) is 7.17. The van der Waals surface area contributed by atoms with Gasteiger partial charge in [-0.15, -0.1) is 0 Å². The molecule has 2 heterocycles. The highest BCUT2D eigenvalue weighted by Gasteiger charge is 2.21. The smallest absolute Gasteiger partial charge is 0.314 e. The number of piperidine rings is 1. The van der Waals surface area contributed by atoms with Crippen molar-refractivity contribution < 1.29 is 19.2 Å². The van der Waals surface area contributed by atoms with Gasteiger partial charge in [-0.25, -0.2) is 9.78 Å². The highest BCUT2D eigenvalue weighted by Crippen LogP contribution is 2.21. The lowest BCUT2D eigenvalue weighted by Crippen LogP contribution is -2.47. The minimum Gasteiger partial charge on any atom is -0.347 e. The van der Waals surface area contributed by atoms with Crippen molar-refractivity contribution in [2.75, 3.05) is 30.4 Å². The number of carbonyl (C=O) groups excluding carboxylic acids is 4. The number of aromatic nitrogens is 1. The van der Waals surface area contributed by atoms with Crippen LogP contribution in [0, 0.1) is 0 Å². The molecule has 0 radical (unpaired) electrons. The van der Waals surface area contributed by atoms with Crippen LogP contribution in [0.3, 0.4) is 0 Å². The van der Waals surface area contributed by atoms with E-state index in [1.807, 2.05) is 0 Å². The zero-order valence-corrected chi connectivity index (χ0v) is 19.5. The normalized spacial score (nSPS) is 14.2. The van der Waals surface area contributed by atoms with Crippen molar-refractivity contribution in [2.45, 2.75) is 31.7 Å². The van der Waals surface area contributed by atoms with Crippen molar-refractivity contribution in [1.29, 1.82) is 0 Å². The van der Waals surface area contributed by atoms with E-state index < -0.39 is 23.9 Å². The van der Waals surface area contributed by atoms with E-state index in [-0.39, 0.29) is 18.9 Å². The summed E-state index contributed by atoms with van der Waals surface area (Å²) < 4.78 is 0. The average Bonchev–Trinajstić information content (AvgIpc) is 2.84. The van der Waals surface area contributed by atoms with Gasteiger partial charge in [-0.3, -0.25) is 14.4 Å². The van der Waals surface area contributed by atoms with Crippen LogP contribution in [-0.4, -0.2) is 54.9 Å². The maximum Gasteiger partial charge on any atom is 0.314 e. The van der Waals surface area contributed by atoms with Gasteiger partial charge in [0.2, 0.25) is 11.8 Å². The first-order valence-electron chi connectivity index (χ1n) is 10.9. The molecule has 0 saturated carbocycles. The number of urea groups is 1. The van der Waals surface area contributed by atoms with Gasteiger partial charge in [0.25, 0.3) is 5.91 Å². The molecule has 2 aromatic rings. The van der Waals surface area contributed by atoms with Gasteiger partial charge >= 0.3 is 6.03 Å². The van der Waals surface area contributed by atoms with Crippen LogP contribution < -0.4 is 26.2 Å². The molecular formula is C23H27ClN6O4. The van der Waals surface area contributed by atoms with Crippen LogP contribution in [0.15, 0.2) is 42.6 Å². The van der Waals surface area contributed by atoms with Crippen molar-refractivity contribution in [3.05, 3.63) is 53.2 Å². The number of amides is 5. The Hall–Kier alpha value is -3.66. The van der Waals surface area contributed by atoms with Crippen molar-refractivity contribution in [2.24, 2.45) is 0 Å². The van der Waals surface area contributed by atoms with Gasteiger partial charge in [-0.05, 0) is 49.2 Å². The Kier molecular flexibility index (Phi) is 8.80. The quantitative estimate of drug-likeness (QED) is 0.454. The summed E-state index contributed by atoms with van der Waals surface area (Å²) in [5, 5.41) is 10.9. The van der Waals surface area contributed by atoms with Gasteiger partial charge < -0.3 is 26.2 Å². The van der Waals surface area contributed by atoms with Crippen LogP contribution in [0.1, 0.15) is 36.0 Å². The zero-order chi connectivity index (χ0) is 24.5. The van der Waals surface area contributed by atoms with E-state index in [2.05, 4.69) is 26.3 Å². The Morgan fingerprint density at radius 1 is 1.12 bits per heavy atom. The molecule has 1 unspecified atom stereocenters. The number of pyridine rings is 1. The van der Waals surface area contributed by atoms with Crippen LogP contribution in [0.2, 0.25) is 5.02 Å². The highest BCUT2D eigenvalue weighted by atomic mass is 35.5. The summed E-state index contributed by atoms with van der Waals surface area (Å²) in [7, 11) is 1.47. The van der Waals surface area contributed by atoms with Gasteiger partial charge in [0.15, 0.2) is 0 Å². The van der Waals surface area contributed by atoms with E-state index in [0.717, 1.165) is 18.5 Å². The number of hydrogen-bond donors (Lipinski definition) is 4. The summed E-state index contributed by atoms with van der Waals surface area (Å²) in [6.07, 6.45) is 3.67. The SMILES string of the molecule is CNC(=O)NCC(CC(=O)Nc1ccc(Cl)cn1)NC(=O)c1ccc(N2CCCCC2=O)cc1. The first kappa shape index (κ1) is 25.0. The summed E-state index contributed by atoms with van der Waals surface area (Å²) in [6.45, 7) is 0.697. The van der Waals surface area contributed by atoms with Gasteiger partial charge in [-0.2, -0.15) is 0 Å². The molecule has 1 aliphatic heterocycles. The number of benzene rings is 1. The van der Waals surface area contributed by atoms with Gasteiger partial charge in [0, 0.05) is 50.4 Å². The maximum atomic E-state index is 12.8. The molecule has 0 aliphatic carbocycles. The number of anilines is 2. The van der Waals surface area contributed by atoms with Gasteiger partial charge in [0.05, 0.1) is 11.1 Å². The van der Waals surface area contributed by atoms with Gasteiger partial charge in [-0.1, -0.05) is 11.6 Å². The second kappa shape index (κ2) is 12.0. The molecule has 1 saturated heterocycles. The van der Waals surface area contributed by atoms with Crippen molar-refractivity contribution in [3.63, 3.8) is 0 Å². The van der Waals surface area contributed by atoms with Crippen molar-refractivity contribution in [1.82, 2.24) is 20.9 Å². The largest absolute Gasteiger partial charge is 0.347 e. The number of carbonyl (C=O) groups is 4. The molecule has 3 rings (SSSR count). The van der Waals surface area contributed by atoms with E-state index in [4.69, 9.17) is 11.6 Å². The fourth-order valence-corrected chi connectivity index (χ4v) is 3.60. The predicted octanol–water partition coefficient (Wildman–Crippen LogP) is 2.31. The second-order valence-corrected chi connectivity index (χ2v) is 8.23. The van der Waals surface area contributed by atoms with Crippen molar-refractivity contribution >= 4 is 46.9 Å². The van der Waals surface area contributed by atoms with Crippen LogP contribution >= 0.6 is 11.6 Å². The van der Waals surface area contributed by atoms with E-state index >= 15 is 0 Å². The third-order valence-electron chi connectivity index (χ3n) is 5.26. The van der Waals surface area contributed by atoms with Crippen molar-refractivity contribution in [3.8, 4) is 0 Å². The third-order valence-corrected chi connectivity index (χ3v) is 5.49. The Morgan fingerprint density at radius 3 is 2.53 bits per heavy atom. The van der Waals surface area contributed by atoms with E-state index in [1.165, 1.54) is 13.2 Å². The molecule has 1 aromatic carbocycles. The lowest BCUT2D eigenvalue weighted by Gasteiger charge is -2.27. The molecule has 11 heteroatoms. The van der Waals surface area contributed by atoms with E-state index in [9.17, 15) is 19.2 Å². The summed E-state index contributed by atoms with van der Waals surface area (Å²) in [5.74, 6) is -0.401. The fraction of sp³-hybridized carbons (Fsp3) is 0.348. The van der Waals surface area contributed by atoms with Crippen LogP contribution in [-0.2, 0) is 9.59 Å². The lowest BCUT2D eigenvalue weighted by atomic mass is 10.1. The first-order chi connectivity index (χ1) is 16.4. The minimum atomic E-state index is -0.680. The van der Waals surface area contributed by atoms with Crippen LogP contribution in [0.25, 0.3) is 0 Å². The number of hydrogen-bond acceptors (Lipinski definition) is 5. The molecule has 34 heavy (non-hydrogen) atoms. The standard InChI is InChI=1S/C23H27ClN6O4/c1-25-23(34)27-14-17(12-20(31)29-19-10-7-16(24)13-26-19)28-22(33)15-5-8-18(9-6-15)30-11-3-2-4-21(30)32/h5-10,13,17H,2-4,11-12,14H2,1H3,(H,28,33)(H2,25,27,34)(H,26,29,31). The average molecular weight is 487 g/mol. The lowest BCUT2D eigenvalue weighted by molar-refractivity contribution is -0.119. The maximum absolute atomic E-state index is 12.8. The molecule has 4 N–H and O–H groups in total. The molecule has 1 fully saturated rings. The molecule has 1 aliphatic rings. The molecule has 180 valence electrons. The second-order valence-electron chi connectivity index (χ2n) is 7.79. The Bertz CT molecular complexity index is 1030.